The number of aromatic nitrogens is 1. The summed E-state index contributed by atoms with van der Waals surface area (Å²) >= 11 is 1.40. The molecular formula is C24H30FN3O5S. The number of ketones is 1. The first kappa shape index (κ1) is 28.8. The summed E-state index contributed by atoms with van der Waals surface area (Å²) in [5.41, 5.74) is 1.46. The number of hydrogen-bond donors (Lipinski definition) is 3. The maximum absolute atomic E-state index is 12.9. The number of pyridine rings is 1. The lowest BCUT2D eigenvalue weighted by Crippen LogP contribution is -2.31. The number of carboxylic acid groups (broad SMARTS) is 1. The molecule has 0 aliphatic carbocycles. The van der Waals surface area contributed by atoms with Crippen molar-refractivity contribution in [3.8, 4) is 0 Å². The van der Waals surface area contributed by atoms with Crippen LogP contribution in [0.15, 0.2) is 42.7 Å². The van der Waals surface area contributed by atoms with Crippen LogP contribution in [-0.4, -0.2) is 52.5 Å². The molecule has 0 aliphatic rings. The van der Waals surface area contributed by atoms with Crippen LogP contribution in [-0.2, 0) is 15.3 Å². The lowest BCUT2D eigenvalue weighted by Gasteiger charge is -2.07. The van der Waals surface area contributed by atoms with Gasteiger partial charge in [0, 0.05) is 31.6 Å². The monoisotopic (exact) mass is 491 g/mol. The minimum Gasteiger partial charge on any atom is -0.481 e. The fourth-order valence-corrected chi connectivity index (χ4v) is 3.42. The third kappa shape index (κ3) is 12.7. The van der Waals surface area contributed by atoms with Crippen LogP contribution < -0.4 is 10.6 Å². The molecule has 2 aromatic rings. The molecule has 0 spiro atoms. The Labute approximate surface area is 202 Å². The van der Waals surface area contributed by atoms with Gasteiger partial charge in [0.25, 0.3) is 17.8 Å². The predicted octanol–water partition coefficient (Wildman–Crippen LogP) is 3.46. The van der Waals surface area contributed by atoms with Crippen LogP contribution in [0.4, 0.5) is 4.39 Å². The van der Waals surface area contributed by atoms with E-state index in [-0.39, 0.29) is 35.4 Å². The van der Waals surface area contributed by atoms with E-state index in [2.05, 4.69) is 22.5 Å². The standard InChI is InChI=1S/C22H26FN3O3S.C2H4O2/c1-2-3-4-9-25-21(28)17-10-18(12-24-11-17)22(29)26-13-20(27)15-30-14-16-5-7-19(23)8-6-16;1-2(3)4/h5-8,10-12H,2-4,9,13-15H2,1H3,(H,25,28)(H,26,29);1H3,(H,3,4). The first-order chi connectivity index (χ1) is 16.2. The van der Waals surface area contributed by atoms with Crippen LogP contribution in [0.1, 0.15) is 59.4 Å². The van der Waals surface area contributed by atoms with E-state index < -0.39 is 11.9 Å². The smallest absolute Gasteiger partial charge is 0.300 e. The SMILES string of the molecule is CC(=O)O.CCCCCNC(=O)c1cncc(C(=O)NCC(=O)CSCc2ccc(F)cc2)c1. The van der Waals surface area contributed by atoms with Crippen LogP contribution in [0.5, 0.6) is 0 Å². The Balaban J connectivity index is 0.00000133. The normalized spacial score (nSPS) is 9.97. The summed E-state index contributed by atoms with van der Waals surface area (Å²) in [6.07, 6.45) is 5.77. The quantitative estimate of drug-likeness (QED) is 0.388. The van der Waals surface area contributed by atoms with Crippen molar-refractivity contribution in [2.75, 3.05) is 18.8 Å². The van der Waals surface area contributed by atoms with E-state index in [4.69, 9.17) is 9.90 Å². The van der Waals surface area contributed by atoms with Gasteiger partial charge >= 0.3 is 0 Å². The Morgan fingerprint density at radius 3 is 2.18 bits per heavy atom. The number of halogens is 1. The number of carbonyl (C=O) groups excluding carboxylic acids is 3. The molecule has 0 fully saturated rings. The number of thioether (sulfide) groups is 1. The zero-order valence-electron chi connectivity index (χ0n) is 19.3. The molecule has 8 nitrogen and oxygen atoms in total. The average molecular weight is 492 g/mol. The second-order valence-corrected chi connectivity index (χ2v) is 8.27. The fourth-order valence-electron chi connectivity index (χ4n) is 2.56. The van der Waals surface area contributed by atoms with E-state index in [1.807, 2.05) is 0 Å². The number of unbranched alkanes of at least 4 members (excludes halogenated alkanes) is 2. The number of hydrogen-bond acceptors (Lipinski definition) is 6. The van der Waals surface area contributed by atoms with Crippen LogP contribution >= 0.6 is 11.8 Å². The highest BCUT2D eigenvalue weighted by molar-refractivity contribution is 7.99. The number of carboxylic acids is 1. The summed E-state index contributed by atoms with van der Waals surface area (Å²) < 4.78 is 12.9. The van der Waals surface area contributed by atoms with Crippen molar-refractivity contribution >= 4 is 35.3 Å². The molecule has 0 radical (unpaired) electrons. The average Bonchev–Trinajstić information content (AvgIpc) is 2.81. The van der Waals surface area contributed by atoms with Crippen molar-refractivity contribution in [2.24, 2.45) is 0 Å². The van der Waals surface area contributed by atoms with Crippen molar-refractivity contribution in [3.05, 3.63) is 65.2 Å². The Morgan fingerprint density at radius 2 is 1.59 bits per heavy atom. The molecule has 10 heteroatoms. The molecule has 3 N–H and O–H groups in total. The molecule has 34 heavy (non-hydrogen) atoms. The second kappa shape index (κ2) is 16.4. The number of nitrogens with one attached hydrogen (secondary N) is 2. The molecule has 184 valence electrons. The Bertz CT molecular complexity index is 950. The van der Waals surface area contributed by atoms with E-state index in [1.165, 1.54) is 42.4 Å². The van der Waals surface area contributed by atoms with Gasteiger partial charge < -0.3 is 15.7 Å². The highest BCUT2D eigenvalue weighted by Gasteiger charge is 2.12. The molecule has 0 bridgehead atoms. The van der Waals surface area contributed by atoms with Crippen molar-refractivity contribution in [1.82, 2.24) is 15.6 Å². The Kier molecular flexibility index (Phi) is 13.8. The number of nitrogens with zero attached hydrogens (tertiary/aromatic N) is 1. The van der Waals surface area contributed by atoms with Gasteiger partial charge in [-0.2, -0.15) is 0 Å². The van der Waals surface area contributed by atoms with Gasteiger partial charge in [-0.15, -0.1) is 11.8 Å². The summed E-state index contributed by atoms with van der Waals surface area (Å²) in [5.74, 6) is -1.18. The number of amides is 2. The minimum atomic E-state index is -0.833. The maximum Gasteiger partial charge on any atom is 0.300 e. The molecule has 1 aromatic carbocycles. The van der Waals surface area contributed by atoms with Gasteiger partial charge in [-0.3, -0.25) is 24.2 Å². The van der Waals surface area contributed by atoms with Crippen LogP contribution in [0.2, 0.25) is 0 Å². The lowest BCUT2D eigenvalue weighted by atomic mass is 10.1. The Morgan fingerprint density at radius 1 is 1.00 bits per heavy atom. The first-order valence-electron chi connectivity index (χ1n) is 10.8. The van der Waals surface area contributed by atoms with Crippen molar-refractivity contribution < 1.29 is 28.7 Å². The van der Waals surface area contributed by atoms with Crippen LogP contribution in [0.3, 0.4) is 0 Å². The molecule has 2 rings (SSSR count). The minimum absolute atomic E-state index is 0.108. The Hall–Kier alpha value is -3.27. The van der Waals surface area contributed by atoms with E-state index in [0.717, 1.165) is 31.7 Å². The lowest BCUT2D eigenvalue weighted by molar-refractivity contribution is -0.134. The number of Topliss-reactive ketones (excluding diaryl/α,β-unsaturated/α-hetero) is 1. The second-order valence-electron chi connectivity index (χ2n) is 7.28. The van der Waals surface area contributed by atoms with Gasteiger partial charge in [0.2, 0.25) is 0 Å². The van der Waals surface area contributed by atoms with Gasteiger partial charge in [0.1, 0.15) is 5.82 Å². The molecule has 0 aliphatic heterocycles. The molecule has 1 heterocycles. The highest BCUT2D eigenvalue weighted by Crippen LogP contribution is 2.12. The molecule has 0 saturated heterocycles. The van der Waals surface area contributed by atoms with Gasteiger partial charge in [0.05, 0.1) is 23.4 Å². The zero-order chi connectivity index (χ0) is 25.3. The predicted molar refractivity (Wildman–Crippen MR) is 129 cm³/mol. The molecule has 0 atom stereocenters. The molecular weight excluding hydrogens is 461 g/mol. The van der Waals surface area contributed by atoms with Crippen molar-refractivity contribution in [2.45, 2.75) is 38.9 Å². The number of carbonyl (C=O) groups is 4. The third-order valence-corrected chi connectivity index (χ3v) is 5.28. The summed E-state index contributed by atoms with van der Waals surface area (Å²) in [4.78, 5) is 49.4. The van der Waals surface area contributed by atoms with Crippen LogP contribution in [0, 0.1) is 5.82 Å². The van der Waals surface area contributed by atoms with E-state index in [9.17, 15) is 18.8 Å². The highest BCUT2D eigenvalue weighted by atomic mass is 32.2. The summed E-state index contributed by atoms with van der Waals surface area (Å²) in [7, 11) is 0. The number of aliphatic carboxylic acids is 1. The third-order valence-electron chi connectivity index (χ3n) is 4.22. The van der Waals surface area contributed by atoms with E-state index in [0.29, 0.717) is 17.9 Å². The van der Waals surface area contributed by atoms with Gasteiger partial charge in [-0.05, 0) is 30.2 Å². The maximum atomic E-state index is 12.9. The largest absolute Gasteiger partial charge is 0.481 e. The van der Waals surface area contributed by atoms with Crippen molar-refractivity contribution in [1.29, 1.82) is 0 Å². The molecule has 0 saturated carbocycles. The zero-order valence-corrected chi connectivity index (χ0v) is 20.1. The number of benzene rings is 1. The van der Waals surface area contributed by atoms with Crippen molar-refractivity contribution in [3.63, 3.8) is 0 Å². The van der Waals surface area contributed by atoms with Crippen LogP contribution in [0.25, 0.3) is 0 Å². The van der Waals surface area contributed by atoms with E-state index in [1.54, 1.807) is 12.1 Å². The van der Waals surface area contributed by atoms with Gasteiger partial charge in [-0.25, -0.2) is 4.39 Å². The van der Waals surface area contributed by atoms with Gasteiger partial charge in [-0.1, -0.05) is 31.9 Å². The molecule has 2 amide bonds. The first-order valence-corrected chi connectivity index (χ1v) is 11.9. The topological polar surface area (TPSA) is 125 Å². The number of rotatable bonds is 12. The van der Waals surface area contributed by atoms with E-state index >= 15 is 0 Å². The molecule has 1 aromatic heterocycles. The summed E-state index contributed by atoms with van der Waals surface area (Å²) in [5, 5.41) is 12.8. The summed E-state index contributed by atoms with van der Waals surface area (Å²) in [6, 6.07) is 7.57. The summed E-state index contributed by atoms with van der Waals surface area (Å²) in [6.45, 7) is 3.64. The molecule has 0 unspecified atom stereocenters. The fraction of sp³-hybridized carbons (Fsp3) is 0.375. The van der Waals surface area contributed by atoms with Gasteiger partial charge in [0.15, 0.2) is 5.78 Å².